The number of anilines is 1. The third-order valence-corrected chi connectivity index (χ3v) is 5.12. The topological polar surface area (TPSA) is 22.6 Å². The minimum absolute atomic E-state index is 0.266. The van der Waals surface area contributed by atoms with Crippen molar-refractivity contribution in [1.29, 1.82) is 0 Å². The lowest BCUT2D eigenvalue weighted by atomic mass is 10.1. The summed E-state index contributed by atoms with van der Waals surface area (Å²) in [4.78, 5) is 11.7. The van der Waals surface area contributed by atoms with Crippen molar-refractivity contribution >= 4 is 5.82 Å². The maximum Gasteiger partial charge on any atom is 0.141 e. The van der Waals surface area contributed by atoms with Gasteiger partial charge in [0.15, 0.2) is 0 Å². The van der Waals surface area contributed by atoms with Gasteiger partial charge in [-0.25, -0.2) is 9.37 Å². The summed E-state index contributed by atoms with van der Waals surface area (Å²) in [5, 5.41) is 0. The second-order valence-corrected chi connectivity index (χ2v) is 6.93. The predicted octanol–water partition coefficient (Wildman–Crippen LogP) is 2.61. The van der Waals surface area contributed by atoms with Gasteiger partial charge in [-0.1, -0.05) is 6.42 Å². The largest absolute Gasteiger partial charge is 0.351 e. The highest BCUT2D eigenvalue weighted by atomic mass is 19.1. The fourth-order valence-electron chi connectivity index (χ4n) is 3.82. The zero-order chi connectivity index (χ0) is 16.1. The average Bonchev–Trinajstić information content (AvgIpc) is 2.57. The van der Waals surface area contributed by atoms with Crippen LogP contribution in [0, 0.1) is 5.82 Å². The first kappa shape index (κ1) is 16.7. The predicted molar refractivity (Wildman–Crippen MR) is 92.4 cm³/mol. The maximum atomic E-state index is 13.0. The maximum absolute atomic E-state index is 13.0. The Hall–Kier alpha value is -1.20. The second kappa shape index (κ2) is 8.06. The Balaban J connectivity index is 1.42. The lowest BCUT2D eigenvalue weighted by molar-refractivity contribution is 0.188. The number of rotatable bonds is 5. The number of nitrogens with zero attached hydrogens (tertiary/aromatic N) is 4. The molecule has 0 spiro atoms. The van der Waals surface area contributed by atoms with Crippen molar-refractivity contribution in [2.45, 2.75) is 38.6 Å². The molecule has 2 saturated heterocycles. The van der Waals surface area contributed by atoms with Gasteiger partial charge in [0.2, 0.25) is 0 Å². The van der Waals surface area contributed by atoms with E-state index in [2.05, 4.69) is 26.6 Å². The molecule has 2 aliphatic rings. The highest BCUT2D eigenvalue weighted by Crippen LogP contribution is 2.18. The van der Waals surface area contributed by atoms with E-state index in [0.717, 1.165) is 25.5 Å². The van der Waals surface area contributed by atoms with E-state index in [4.69, 9.17) is 0 Å². The Morgan fingerprint density at radius 2 is 1.83 bits per heavy atom. The van der Waals surface area contributed by atoms with Gasteiger partial charge in [0.1, 0.15) is 11.6 Å². The molecule has 4 nitrogen and oxygen atoms in total. The van der Waals surface area contributed by atoms with E-state index < -0.39 is 0 Å². The minimum Gasteiger partial charge on any atom is -0.351 e. The van der Waals surface area contributed by atoms with Crippen molar-refractivity contribution in [2.75, 3.05) is 50.7 Å². The fraction of sp³-hybridized carbons (Fsp3) is 0.722. The van der Waals surface area contributed by atoms with Gasteiger partial charge in [-0.15, -0.1) is 0 Å². The summed E-state index contributed by atoms with van der Waals surface area (Å²) in [7, 11) is 0. The van der Waals surface area contributed by atoms with E-state index in [1.807, 2.05) is 0 Å². The second-order valence-electron chi connectivity index (χ2n) is 6.93. The molecule has 0 aromatic carbocycles. The van der Waals surface area contributed by atoms with E-state index in [0.29, 0.717) is 6.04 Å². The van der Waals surface area contributed by atoms with Crippen molar-refractivity contribution < 1.29 is 4.39 Å². The van der Waals surface area contributed by atoms with Crippen LogP contribution in [0.3, 0.4) is 0 Å². The molecule has 128 valence electrons. The summed E-state index contributed by atoms with van der Waals surface area (Å²) < 4.78 is 13.0. The summed E-state index contributed by atoms with van der Waals surface area (Å²) in [5.74, 6) is 0.629. The van der Waals surface area contributed by atoms with Gasteiger partial charge >= 0.3 is 0 Å². The number of piperidine rings is 1. The lowest BCUT2D eigenvalue weighted by Gasteiger charge is -2.40. The molecular formula is C18H29FN4. The first-order chi connectivity index (χ1) is 11.2. The number of piperazine rings is 1. The van der Waals surface area contributed by atoms with Crippen molar-refractivity contribution in [3.63, 3.8) is 0 Å². The summed E-state index contributed by atoms with van der Waals surface area (Å²) in [5.41, 5.74) is 0. The number of hydrogen-bond acceptors (Lipinski definition) is 4. The number of likely N-dealkylation sites (tertiary alicyclic amines) is 1. The van der Waals surface area contributed by atoms with Gasteiger partial charge < -0.3 is 9.80 Å². The molecular weight excluding hydrogens is 291 g/mol. The number of pyridine rings is 1. The van der Waals surface area contributed by atoms with Crippen LogP contribution in [0.4, 0.5) is 10.2 Å². The monoisotopic (exact) mass is 320 g/mol. The molecule has 2 fully saturated rings. The van der Waals surface area contributed by atoms with E-state index in [-0.39, 0.29) is 5.82 Å². The molecule has 1 aromatic rings. The normalized spacial score (nSPS) is 24.1. The van der Waals surface area contributed by atoms with Crippen molar-refractivity contribution in [3.8, 4) is 0 Å². The van der Waals surface area contributed by atoms with Crippen LogP contribution >= 0.6 is 0 Å². The molecule has 1 unspecified atom stereocenters. The summed E-state index contributed by atoms with van der Waals surface area (Å²) >= 11 is 0. The minimum atomic E-state index is -0.266. The van der Waals surface area contributed by atoms with Crippen LogP contribution in [0.5, 0.6) is 0 Å². The van der Waals surface area contributed by atoms with Crippen LogP contribution in [0.2, 0.25) is 0 Å². The average molecular weight is 320 g/mol. The molecule has 0 radical (unpaired) electrons. The molecule has 5 heteroatoms. The molecule has 1 atom stereocenters. The van der Waals surface area contributed by atoms with Gasteiger partial charge in [-0.05, 0) is 64.5 Å². The molecule has 0 bridgehead atoms. The number of aromatic nitrogens is 1. The van der Waals surface area contributed by atoms with E-state index in [1.54, 1.807) is 6.07 Å². The van der Waals surface area contributed by atoms with E-state index in [9.17, 15) is 4.39 Å². The van der Waals surface area contributed by atoms with Crippen molar-refractivity contribution in [2.24, 2.45) is 0 Å². The van der Waals surface area contributed by atoms with Crippen molar-refractivity contribution in [1.82, 2.24) is 14.8 Å². The molecule has 23 heavy (non-hydrogen) atoms. The van der Waals surface area contributed by atoms with E-state index >= 15 is 0 Å². The number of halogens is 1. The Kier molecular flexibility index (Phi) is 5.84. The zero-order valence-corrected chi connectivity index (χ0v) is 14.3. The third kappa shape index (κ3) is 4.64. The summed E-state index contributed by atoms with van der Waals surface area (Å²) in [6.07, 6.45) is 6.74. The van der Waals surface area contributed by atoms with Gasteiger partial charge in [0.05, 0.1) is 6.20 Å². The molecule has 0 saturated carbocycles. The van der Waals surface area contributed by atoms with Crippen LogP contribution in [-0.4, -0.2) is 66.6 Å². The molecule has 0 amide bonds. The first-order valence-electron chi connectivity index (χ1n) is 9.05. The Bertz CT molecular complexity index is 472. The van der Waals surface area contributed by atoms with Gasteiger partial charge in [0, 0.05) is 25.7 Å². The summed E-state index contributed by atoms with van der Waals surface area (Å²) in [6.45, 7) is 10.4. The highest BCUT2D eigenvalue weighted by Gasteiger charge is 2.24. The van der Waals surface area contributed by atoms with Gasteiger partial charge in [-0.3, -0.25) is 4.90 Å². The van der Waals surface area contributed by atoms with Crippen LogP contribution in [0.15, 0.2) is 18.3 Å². The lowest BCUT2D eigenvalue weighted by Crippen LogP contribution is -2.52. The Morgan fingerprint density at radius 1 is 1.04 bits per heavy atom. The molecule has 3 heterocycles. The molecule has 3 rings (SSSR count). The highest BCUT2D eigenvalue weighted by molar-refractivity contribution is 5.40. The van der Waals surface area contributed by atoms with E-state index in [1.165, 1.54) is 64.1 Å². The van der Waals surface area contributed by atoms with Gasteiger partial charge in [0.25, 0.3) is 0 Å². The number of hydrogen-bond donors (Lipinski definition) is 0. The molecule has 0 N–H and O–H groups in total. The quantitative estimate of drug-likeness (QED) is 0.832. The smallest absolute Gasteiger partial charge is 0.141 e. The Morgan fingerprint density at radius 3 is 2.52 bits per heavy atom. The molecule has 0 aliphatic carbocycles. The third-order valence-electron chi connectivity index (χ3n) is 5.12. The first-order valence-corrected chi connectivity index (χ1v) is 9.05. The SMILES string of the molecule is CC1CN(CCCN2CCCCC2)CCN1c1ccc(F)cn1. The standard InChI is InChI=1S/C18H29FN4/c1-16-15-22(11-5-10-21-8-3-2-4-9-21)12-13-23(16)18-7-6-17(19)14-20-18/h6-7,14,16H,2-5,8-13,15H2,1H3. The van der Waals surface area contributed by atoms with Gasteiger partial charge in [-0.2, -0.15) is 0 Å². The summed E-state index contributed by atoms with van der Waals surface area (Å²) in [6, 6.07) is 3.72. The van der Waals surface area contributed by atoms with Crippen LogP contribution in [0.1, 0.15) is 32.6 Å². The zero-order valence-electron chi connectivity index (χ0n) is 14.3. The Labute approximate surface area is 139 Å². The van der Waals surface area contributed by atoms with Crippen LogP contribution in [-0.2, 0) is 0 Å². The van der Waals surface area contributed by atoms with Crippen LogP contribution in [0.25, 0.3) is 0 Å². The fourth-order valence-corrected chi connectivity index (χ4v) is 3.82. The van der Waals surface area contributed by atoms with Crippen LogP contribution < -0.4 is 4.90 Å². The molecule has 1 aromatic heterocycles. The van der Waals surface area contributed by atoms with Crippen molar-refractivity contribution in [3.05, 3.63) is 24.1 Å². The molecule has 2 aliphatic heterocycles.